The largest absolute Gasteiger partial charge is 0.281 e. The van der Waals surface area contributed by atoms with Gasteiger partial charge in [-0.15, -0.1) is 16.4 Å². The predicted octanol–water partition coefficient (Wildman–Crippen LogP) is 2.31. The third-order valence-electron chi connectivity index (χ3n) is 3.88. The molecule has 0 aliphatic carbocycles. The topological polar surface area (TPSA) is 102 Å². The van der Waals surface area contributed by atoms with Gasteiger partial charge in [-0.05, 0) is 34.0 Å². The van der Waals surface area contributed by atoms with E-state index in [0.717, 1.165) is 4.88 Å². The zero-order valence-corrected chi connectivity index (χ0v) is 15.7. The van der Waals surface area contributed by atoms with Gasteiger partial charge in [-0.25, -0.2) is 9.67 Å². The molecule has 0 spiro atoms. The van der Waals surface area contributed by atoms with Gasteiger partial charge in [0.1, 0.15) is 12.4 Å². The Morgan fingerprint density at radius 3 is 2.93 bits per heavy atom. The molecular weight excluding hydrogens is 382 g/mol. The van der Waals surface area contributed by atoms with Crippen molar-refractivity contribution in [3.63, 3.8) is 0 Å². The van der Waals surface area contributed by atoms with Gasteiger partial charge in [-0.1, -0.05) is 30.0 Å². The summed E-state index contributed by atoms with van der Waals surface area (Å²) in [4.78, 5) is 18.4. The monoisotopic (exact) mass is 395 g/mol. The first kappa shape index (κ1) is 17.4. The van der Waals surface area contributed by atoms with E-state index in [4.69, 9.17) is 5.26 Å². The van der Waals surface area contributed by atoms with E-state index in [0.29, 0.717) is 34.2 Å². The average molecular weight is 395 g/mol. The van der Waals surface area contributed by atoms with Crippen LogP contribution in [0.3, 0.4) is 0 Å². The number of tetrazole rings is 1. The minimum absolute atomic E-state index is 0.0489. The molecule has 8 nitrogen and oxygen atoms in total. The maximum Gasteiger partial charge on any atom is 0.262 e. The Kier molecular flexibility index (Phi) is 4.95. The van der Waals surface area contributed by atoms with Gasteiger partial charge in [0.05, 0.1) is 29.3 Å². The van der Waals surface area contributed by atoms with Gasteiger partial charge >= 0.3 is 0 Å². The normalized spacial score (nSPS) is 10.9. The van der Waals surface area contributed by atoms with Crippen molar-refractivity contribution in [1.82, 2.24) is 29.8 Å². The van der Waals surface area contributed by atoms with E-state index in [-0.39, 0.29) is 12.1 Å². The fraction of sp³-hybridized carbons (Fsp3) is 0.176. The van der Waals surface area contributed by atoms with Crippen molar-refractivity contribution in [1.29, 1.82) is 5.26 Å². The van der Waals surface area contributed by atoms with Crippen molar-refractivity contribution in [2.75, 3.05) is 0 Å². The Labute approximate surface area is 162 Å². The molecule has 0 radical (unpaired) electrons. The van der Waals surface area contributed by atoms with Gasteiger partial charge in [0.2, 0.25) is 5.16 Å². The lowest BCUT2D eigenvalue weighted by Crippen LogP contribution is -2.24. The summed E-state index contributed by atoms with van der Waals surface area (Å²) in [5, 5.41) is 24.1. The molecule has 0 amide bonds. The van der Waals surface area contributed by atoms with Gasteiger partial charge in [0.15, 0.2) is 0 Å². The maximum atomic E-state index is 12.7. The molecule has 0 fully saturated rings. The smallest absolute Gasteiger partial charge is 0.262 e. The molecule has 4 aromatic rings. The van der Waals surface area contributed by atoms with Crippen LogP contribution in [0.15, 0.2) is 51.7 Å². The zero-order chi connectivity index (χ0) is 18.6. The van der Waals surface area contributed by atoms with Crippen LogP contribution in [0.25, 0.3) is 10.9 Å². The van der Waals surface area contributed by atoms with Crippen molar-refractivity contribution < 1.29 is 0 Å². The summed E-state index contributed by atoms with van der Waals surface area (Å²) < 4.78 is 3.12. The number of hydrogen-bond donors (Lipinski definition) is 0. The van der Waals surface area contributed by atoms with Gasteiger partial charge in [0, 0.05) is 4.88 Å². The van der Waals surface area contributed by atoms with Crippen LogP contribution >= 0.6 is 23.1 Å². The summed E-state index contributed by atoms with van der Waals surface area (Å²) in [6, 6.07) is 13.2. The molecule has 134 valence electrons. The second-order valence-electron chi connectivity index (χ2n) is 5.58. The van der Waals surface area contributed by atoms with Crippen molar-refractivity contribution in [2.24, 2.45) is 0 Å². The van der Waals surface area contributed by atoms with E-state index in [1.807, 2.05) is 29.6 Å². The highest BCUT2D eigenvalue weighted by atomic mass is 32.2. The Balaban J connectivity index is 1.63. The standard InChI is InChI=1S/C17H13N7OS2/c18-7-8-23-15(19-14-6-2-1-5-13(14)16(23)25)11-27-17-20-21-22-24(17)10-12-4-3-9-26-12/h1-6,9H,8,10-11H2. The summed E-state index contributed by atoms with van der Waals surface area (Å²) in [6.45, 7) is 0.538. The van der Waals surface area contributed by atoms with Crippen LogP contribution in [0.1, 0.15) is 10.7 Å². The highest BCUT2D eigenvalue weighted by molar-refractivity contribution is 7.98. The molecule has 0 unspecified atom stereocenters. The molecule has 0 aliphatic heterocycles. The van der Waals surface area contributed by atoms with Crippen molar-refractivity contribution in [3.8, 4) is 6.07 Å². The van der Waals surface area contributed by atoms with Gasteiger partial charge < -0.3 is 0 Å². The molecule has 0 atom stereocenters. The molecule has 10 heteroatoms. The van der Waals surface area contributed by atoms with Gasteiger partial charge in [-0.2, -0.15) is 5.26 Å². The second-order valence-corrected chi connectivity index (χ2v) is 7.56. The minimum Gasteiger partial charge on any atom is -0.281 e. The van der Waals surface area contributed by atoms with Crippen LogP contribution in [0.5, 0.6) is 0 Å². The average Bonchev–Trinajstić information content (AvgIpc) is 3.35. The summed E-state index contributed by atoms with van der Waals surface area (Å²) in [6.07, 6.45) is 0. The molecule has 0 bridgehead atoms. The van der Waals surface area contributed by atoms with E-state index >= 15 is 0 Å². The molecule has 4 rings (SSSR count). The van der Waals surface area contributed by atoms with Crippen molar-refractivity contribution in [3.05, 3.63) is 62.8 Å². The van der Waals surface area contributed by atoms with Crippen LogP contribution in [-0.4, -0.2) is 29.8 Å². The molecule has 0 aliphatic rings. The molecule has 0 saturated heterocycles. The first-order chi connectivity index (χ1) is 13.3. The second kappa shape index (κ2) is 7.69. The first-order valence-electron chi connectivity index (χ1n) is 8.03. The first-order valence-corrected chi connectivity index (χ1v) is 9.89. The van der Waals surface area contributed by atoms with Gasteiger partial charge in [0.25, 0.3) is 5.56 Å². The van der Waals surface area contributed by atoms with Crippen LogP contribution < -0.4 is 5.56 Å². The highest BCUT2D eigenvalue weighted by Crippen LogP contribution is 2.21. The molecule has 1 aromatic carbocycles. The third kappa shape index (κ3) is 3.60. The number of thioether (sulfide) groups is 1. The van der Waals surface area contributed by atoms with E-state index < -0.39 is 0 Å². The predicted molar refractivity (Wildman–Crippen MR) is 102 cm³/mol. The number of rotatable bonds is 6. The van der Waals surface area contributed by atoms with Crippen LogP contribution in [-0.2, 0) is 18.8 Å². The van der Waals surface area contributed by atoms with Gasteiger partial charge in [-0.3, -0.25) is 9.36 Å². The molecule has 0 saturated carbocycles. The molecule has 3 heterocycles. The number of nitriles is 1. The van der Waals surface area contributed by atoms with Crippen LogP contribution in [0.4, 0.5) is 0 Å². The minimum atomic E-state index is -0.212. The number of aromatic nitrogens is 6. The maximum absolute atomic E-state index is 12.7. The van der Waals surface area contributed by atoms with Crippen molar-refractivity contribution in [2.45, 2.75) is 24.0 Å². The SMILES string of the molecule is N#CCn1c(CSc2nnnn2Cc2cccs2)nc2ccccc2c1=O. The number of fused-ring (bicyclic) bond motifs is 1. The fourth-order valence-electron chi connectivity index (χ4n) is 2.64. The molecule has 3 aromatic heterocycles. The van der Waals surface area contributed by atoms with Crippen molar-refractivity contribution >= 4 is 34.0 Å². The number of nitrogens with zero attached hydrogens (tertiary/aromatic N) is 7. The summed E-state index contributed by atoms with van der Waals surface area (Å²) in [7, 11) is 0. The summed E-state index contributed by atoms with van der Waals surface area (Å²) >= 11 is 3.02. The van der Waals surface area contributed by atoms with E-state index in [1.54, 1.807) is 34.2 Å². The van der Waals surface area contributed by atoms with E-state index in [2.05, 4.69) is 20.5 Å². The lowest BCUT2D eigenvalue weighted by molar-refractivity contribution is 0.608. The summed E-state index contributed by atoms with van der Waals surface area (Å²) in [5.74, 6) is 0.906. The quantitative estimate of drug-likeness (QED) is 0.462. The molecule has 0 N–H and O–H groups in total. The molecule has 27 heavy (non-hydrogen) atoms. The van der Waals surface area contributed by atoms with Crippen LogP contribution in [0, 0.1) is 11.3 Å². The zero-order valence-electron chi connectivity index (χ0n) is 14.0. The number of hydrogen-bond acceptors (Lipinski definition) is 8. The highest BCUT2D eigenvalue weighted by Gasteiger charge is 2.14. The number of benzene rings is 1. The number of para-hydroxylation sites is 1. The third-order valence-corrected chi connectivity index (χ3v) is 5.70. The number of thiophene rings is 1. The Hall–Kier alpha value is -3.03. The Morgan fingerprint density at radius 2 is 2.11 bits per heavy atom. The Bertz CT molecular complexity index is 1170. The fourth-order valence-corrected chi connectivity index (χ4v) is 4.15. The lowest BCUT2D eigenvalue weighted by atomic mass is 10.2. The van der Waals surface area contributed by atoms with E-state index in [9.17, 15) is 4.79 Å². The summed E-state index contributed by atoms with van der Waals surface area (Å²) in [5.41, 5.74) is 0.404. The van der Waals surface area contributed by atoms with E-state index in [1.165, 1.54) is 16.3 Å². The lowest BCUT2D eigenvalue weighted by Gasteiger charge is -2.10. The Morgan fingerprint density at radius 1 is 1.22 bits per heavy atom. The van der Waals surface area contributed by atoms with Crippen LogP contribution in [0.2, 0.25) is 0 Å². The molecular formula is C17H13N7OS2.